The van der Waals surface area contributed by atoms with Gasteiger partial charge in [0.2, 0.25) is 5.95 Å². The summed E-state index contributed by atoms with van der Waals surface area (Å²) < 4.78 is 42.4. The van der Waals surface area contributed by atoms with E-state index in [-0.39, 0.29) is 5.95 Å². The van der Waals surface area contributed by atoms with Crippen LogP contribution in [-0.4, -0.2) is 30.5 Å². The number of rotatable bonds is 4. The van der Waals surface area contributed by atoms with E-state index in [1.165, 1.54) is 30.2 Å². The summed E-state index contributed by atoms with van der Waals surface area (Å²) in [5, 5.41) is 9.64. The van der Waals surface area contributed by atoms with Crippen molar-refractivity contribution in [2.45, 2.75) is 19.6 Å². The Morgan fingerprint density at radius 3 is 2.62 bits per heavy atom. The molecule has 152 valence electrons. The van der Waals surface area contributed by atoms with Crippen LogP contribution in [0.25, 0.3) is 11.1 Å². The van der Waals surface area contributed by atoms with E-state index in [4.69, 9.17) is 11.6 Å². The highest BCUT2D eigenvalue weighted by Gasteiger charge is 2.35. The summed E-state index contributed by atoms with van der Waals surface area (Å²) in [5.74, 6) is -0.750. The first kappa shape index (κ1) is 20.5. The molecule has 1 amide bonds. The standard InChI is InChI=1S/C17H14ClF3N6O2/c1-3-27-16(22-8-23-27)24-14(28)13-12(18)11(15(29)26(2)25-13)9-6-4-5-7-10(9)17(19,20)21/h4-8H,3H2,1-2H3,(H,22,23,24,28). The van der Waals surface area contributed by atoms with Crippen molar-refractivity contribution < 1.29 is 18.0 Å². The van der Waals surface area contributed by atoms with Crippen molar-refractivity contribution in [3.05, 3.63) is 57.2 Å². The fraction of sp³-hybridized carbons (Fsp3) is 0.235. The van der Waals surface area contributed by atoms with Gasteiger partial charge in [0.25, 0.3) is 11.5 Å². The molecule has 0 atom stereocenters. The van der Waals surface area contributed by atoms with Gasteiger partial charge in [-0.2, -0.15) is 28.4 Å². The maximum atomic E-state index is 13.4. The van der Waals surface area contributed by atoms with E-state index < -0.39 is 45.0 Å². The van der Waals surface area contributed by atoms with Gasteiger partial charge in [-0.25, -0.2) is 9.36 Å². The molecule has 3 rings (SSSR count). The molecular weight excluding hydrogens is 413 g/mol. The van der Waals surface area contributed by atoms with Gasteiger partial charge in [-0.1, -0.05) is 29.8 Å². The van der Waals surface area contributed by atoms with Crippen LogP contribution in [0, 0.1) is 0 Å². The van der Waals surface area contributed by atoms with Crippen LogP contribution in [0.2, 0.25) is 5.02 Å². The van der Waals surface area contributed by atoms with Crippen molar-refractivity contribution in [3.8, 4) is 11.1 Å². The van der Waals surface area contributed by atoms with Crippen LogP contribution in [-0.2, 0) is 19.8 Å². The lowest BCUT2D eigenvalue weighted by molar-refractivity contribution is -0.137. The van der Waals surface area contributed by atoms with Crippen LogP contribution in [0.1, 0.15) is 23.0 Å². The van der Waals surface area contributed by atoms with E-state index in [2.05, 4.69) is 20.5 Å². The third-order valence-electron chi connectivity index (χ3n) is 4.04. The van der Waals surface area contributed by atoms with Gasteiger partial charge in [0.15, 0.2) is 5.69 Å². The number of anilines is 1. The Balaban J connectivity index is 2.16. The Kier molecular flexibility index (Phi) is 5.42. The van der Waals surface area contributed by atoms with E-state index in [1.54, 1.807) is 6.92 Å². The summed E-state index contributed by atoms with van der Waals surface area (Å²) in [6.45, 7) is 2.18. The Morgan fingerprint density at radius 2 is 1.97 bits per heavy atom. The fourth-order valence-corrected chi connectivity index (χ4v) is 3.00. The topological polar surface area (TPSA) is 94.7 Å². The molecule has 0 saturated carbocycles. The largest absolute Gasteiger partial charge is 0.417 e. The number of benzene rings is 1. The van der Waals surface area contributed by atoms with Crippen LogP contribution in [0.15, 0.2) is 35.4 Å². The zero-order valence-electron chi connectivity index (χ0n) is 15.2. The van der Waals surface area contributed by atoms with Gasteiger partial charge < -0.3 is 0 Å². The van der Waals surface area contributed by atoms with Crippen LogP contribution in [0.4, 0.5) is 19.1 Å². The lowest BCUT2D eigenvalue weighted by Crippen LogP contribution is -2.28. The average molecular weight is 427 g/mol. The second-order valence-electron chi connectivity index (χ2n) is 5.86. The molecule has 12 heteroatoms. The third-order valence-corrected chi connectivity index (χ3v) is 4.41. The Bertz CT molecular complexity index is 1140. The van der Waals surface area contributed by atoms with Gasteiger partial charge in [-0.3, -0.25) is 14.9 Å². The maximum Gasteiger partial charge on any atom is 0.417 e. The van der Waals surface area contributed by atoms with Gasteiger partial charge in [0.1, 0.15) is 6.33 Å². The summed E-state index contributed by atoms with van der Waals surface area (Å²) >= 11 is 6.20. The van der Waals surface area contributed by atoms with E-state index in [1.807, 2.05) is 0 Å². The van der Waals surface area contributed by atoms with Gasteiger partial charge in [0, 0.05) is 19.2 Å². The van der Waals surface area contributed by atoms with E-state index in [9.17, 15) is 22.8 Å². The first-order chi connectivity index (χ1) is 13.6. The Morgan fingerprint density at radius 1 is 1.28 bits per heavy atom. The third kappa shape index (κ3) is 3.86. The zero-order valence-corrected chi connectivity index (χ0v) is 15.9. The molecule has 0 saturated heterocycles. The molecule has 0 radical (unpaired) electrons. The normalized spacial score (nSPS) is 11.5. The van der Waals surface area contributed by atoms with Gasteiger partial charge >= 0.3 is 6.18 Å². The summed E-state index contributed by atoms with van der Waals surface area (Å²) in [5.41, 5.74) is -3.27. The molecule has 1 N–H and O–H groups in total. The molecule has 0 unspecified atom stereocenters. The average Bonchev–Trinajstić information content (AvgIpc) is 3.11. The zero-order chi connectivity index (χ0) is 21.3. The molecule has 0 bridgehead atoms. The van der Waals surface area contributed by atoms with Crippen LogP contribution in [0.5, 0.6) is 0 Å². The lowest BCUT2D eigenvalue weighted by Gasteiger charge is -2.15. The number of hydrogen-bond donors (Lipinski definition) is 1. The number of nitrogens with zero attached hydrogens (tertiary/aromatic N) is 5. The van der Waals surface area contributed by atoms with E-state index in [0.717, 1.165) is 16.8 Å². The second kappa shape index (κ2) is 7.66. The van der Waals surface area contributed by atoms with Crippen LogP contribution in [0.3, 0.4) is 0 Å². The van der Waals surface area contributed by atoms with E-state index in [0.29, 0.717) is 6.54 Å². The molecule has 0 aliphatic rings. The van der Waals surface area contributed by atoms with Crippen LogP contribution < -0.4 is 10.9 Å². The SMILES string of the molecule is CCn1ncnc1NC(=O)c1nn(C)c(=O)c(-c2ccccc2C(F)(F)F)c1Cl. The smallest absolute Gasteiger partial charge is 0.289 e. The molecule has 0 fully saturated rings. The lowest BCUT2D eigenvalue weighted by atomic mass is 10.00. The quantitative estimate of drug-likeness (QED) is 0.692. The minimum absolute atomic E-state index is 0.0986. The monoisotopic (exact) mass is 426 g/mol. The summed E-state index contributed by atoms with van der Waals surface area (Å²) in [4.78, 5) is 29.1. The van der Waals surface area contributed by atoms with Gasteiger partial charge in [-0.15, -0.1) is 0 Å². The van der Waals surface area contributed by atoms with Crippen molar-refractivity contribution in [2.75, 3.05) is 5.32 Å². The summed E-state index contributed by atoms with van der Waals surface area (Å²) in [6, 6.07) is 4.47. The number of aryl methyl sites for hydroxylation is 2. The van der Waals surface area contributed by atoms with Crippen molar-refractivity contribution in [1.29, 1.82) is 0 Å². The van der Waals surface area contributed by atoms with Crippen LogP contribution >= 0.6 is 11.6 Å². The highest BCUT2D eigenvalue weighted by atomic mass is 35.5. The minimum Gasteiger partial charge on any atom is -0.289 e. The number of alkyl halides is 3. The number of amides is 1. The number of halogens is 4. The molecule has 1 aromatic carbocycles. The summed E-state index contributed by atoms with van der Waals surface area (Å²) in [7, 11) is 1.21. The highest BCUT2D eigenvalue weighted by Crippen LogP contribution is 2.38. The van der Waals surface area contributed by atoms with Crippen molar-refractivity contribution in [1.82, 2.24) is 24.5 Å². The van der Waals surface area contributed by atoms with Gasteiger partial charge in [0.05, 0.1) is 16.1 Å². The molecule has 3 aromatic rings. The molecule has 0 aliphatic heterocycles. The van der Waals surface area contributed by atoms with E-state index >= 15 is 0 Å². The minimum atomic E-state index is -4.73. The molecule has 29 heavy (non-hydrogen) atoms. The number of carbonyl (C=O) groups excluding carboxylic acids is 1. The first-order valence-corrected chi connectivity index (χ1v) is 8.65. The highest BCUT2D eigenvalue weighted by molar-refractivity contribution is 6.36. The molecule has 8 nitrogen and oxygen atoms in total. The molecule has 0 aliphatic carbocycles. The van der Waals surface area contributed by atoms with Crippen molar-refractivity contribution in [3.63, 3.8) is 0 Å². The molecular formula is C17H14ClF3N6O2. The number of nitrogens with one attached hydrogen (secondary N) is 1. The van der Waals surface area contributed by atoms with Gasteiger partial charge in [-0.05, 0) is 13.0 Å². The molecule has 2 aromatic heterocycles. The summed E-state index contributed by atoms with van der Waals surface area (Å²) in [6.07, 6.45) is -3.51. The van der Waals surface area contributed by atoms with Crippen molar-refractivity contribution in [2.24, 2.45) is 7.05 Å². The maximum absolute atomic E-state index is 13.4. The molecule has 2 heterocycles. The Hall–Kier alpha value is -3.21. The Labute approximate surface area is 166 Å². The predicted octanol–water partition coefficient (Wildman–Crippen LogP) is 2.98. The predicted molar refractivity (Wildman–Crippen MR) is 98.6 cm³/mol. The van der Waals surface area contributed by atoms with Crippen molar-refractivity contribution >= 4 is 23.5 Å². The molecule has 0 spiro atoms. The second-order valence-corrected chi connectivity index (χ2v) is 6.24. The number of carbonyl (C=O) groups is 1. The number of hydrogen-bond acceptors (Lipinski definition) is 5. The number of aromatic nitrogens is 5. The first-order valence-electron chi connectivity index (χ1n) is 8.27. The fourth-order valence-electron chi connectivity index (χ4n) is 2.69.